The van der Waals surface area contributed by atoms with Crippen LogP contribution in [0.25, 0.3) is 0 Å². The number of ketones is 1. The first-order valence-corrected chi connectivity index (χ1v) is 10.9. The molecule has 30 heavy (non-hydrogen) atoms. The highest BCUT2D eigenvalue weighted by atomic mass is 16.2. The third-order valence-electron chi connectivity index (χ3n) is 5.75. The number of amides is 3. The predicted molar refractivity (Wildman–Crippen MR) is 114 cm³/mol. The van der Waals surface area contributed by atoms with Crippen molar-refractivity contribution in [1.29, 1.82) is 0 Å². The summed E-state index contributed by atoms with van der Waals surface area (Å²) in [4.78, 5) is 61.7. The predicted octanol–water partition coefficient (Wildman–Crippen LogP) is 2.90. The first-order chi connectivity index (χ1) is 14.3. The minimum Gasteiger partial charge on any atom is -0.347 e. The Morgan fingerprint density at radius 3 is 2.33 bits per heavy atom. The van der Waals surface area contributed by atoms with Gasteiger partial charge in [-0.15, -0.1) is 0 Å². The molecule has 170 valence electrons. The fourth-order valence-corrected chi connectivity index (χ4v) is 3.69. The number of Topliss-reactive ketones (excluding diaryl/α,β-unsaturated/α-hetero) is 1. The Morgan fingerprint density at radius 1 is 1.20 bits per heavy atom. The van der Waals surface area contributed by atoms with Crippen molar-refractivity contribution in [3.8, 4) is 0 Å². The third kappa shape index (κ3) is 7.65. The molecule has 0 saturated carbocycles. The van der Waals surface area contributed by atoms with E-state index in [9.17, 15) is 24.0 Å². The first kappa shape index (κ1) is 24.2. The van der Waals surface area contributed by atoms with Crippen molar-refractivity contribution in [3.63, 3.8) is 0 Å². The number of aldehydes is 1. The number of likely N-dealkylation sites (tertiary alicyclic amines) is 1. The zero-order chi connectivity index (χ0) is 23.9. The maximum Gasteiger partial charge on any atom is 0.233 e. The first-order valence-electron chi connectivity index (χ1n) is 11.4. The Balaban J connectivity index is 2.41. The van der Waals surface area contributed by atoms with Gasteiger partial charge in [-0.3, -0.25) is 24.1 Å². The molecule has 0 radical (unpaired) electrons. The van der Waals surface area contributed by atoms with E-state index in [1.54, 1.807) is 0 Å². The van der Waals surface area contributed by atoms with Gasteiger partial charge >= 0.3 is 0 Å². The van der Waals surface area contributed by atoms with Crippen molar-refractivity contribution >= 4 is 29.8 Å². The zero-order valence-electron chi connectivity index (χ0n) is 20.2. The number of imide groups is 1. The molecule has 3 atom stereocenters. The van der Waals surface area contributed by atoms with Gasteiger partial charge in [0, 0.05) is 31.7 Å². The SMILES string of the molecule is [2H]C(=O)[C@@H](C)NC(=O)[C@H](CC(=O)CCCCCN1C(=O)CC(C(C)(C)C)C1=O)C(C)C. The second-order valence-electron chi connectivity index (χ2n) is 9.76. The maximum absolute atomic E-state index is 12.5. The summed E-state index contributed by atoms with van der Waals surface area (Å²) in [6, 6.07) is -0.891. The lowest BCUT2D eigenvalue weighted by molar-refractivity contribution is -0.140. The van der Waals surface area contributed by atoms with Gasteiger partial charge in [-0.05, 0) is 31.1 Å². The molecule has 1 N–H and O–H groups in total. The Morgan fingerprint density at radius 2 is 1.83 bits per heavy atom. The molecule has 0 bridgehead atoms. The van der Waals surface area contributed by atoms with E-state index in [1.807, 2.05) is 34.6 Å². The number of carbonyl (C=O) groups excluding carboxylic acids is 5. The van der Waals surface area contributed by atoms with Crippen molar-refractivity contribution in [2.75, 3.05) is 6.54 Å². The Hall–Kier alpha value is -2.05. The topological polar surface area (TPSA) is 101 Å². The Labute approximate surface area is 181 Å². The quantitative estimate of drug-likeness (QED) is 0.295. The molecule has 3 amide bonds. The maximum atomic E-state index is 12.5. The van der Waals surface area contributed by atoms with Crippen LogP contribution in [0.5, 0.6) is 0 Å². The van der Waals surface area contributed by atoms with Crippen LogP contribution >= 0.6 is 0 Å². The number of nitrogens with zero attached hydrogens (tertiary/aromatic N) is 1. The van der Waals surface area contributed by atoms with Crippen LogP contribution in [0.4, 0.5) is 0 Å². The molecule has 7 heteroatoms. The van der Waals surface area contributed by atoms with Crippen molar-refractivity contribution in [1.82, 2.24) is 10.2 Å². The molecule has 0 aromatic heterocycles. The van der Waals surface area contributed by atoms with Gasteiger partial charge in [0.15, 0.2) is 0 Å². The number of unbranched alkanes of at least 4 members (excludes halogenated alkanes) is 2. The van der Waals surface area contributed by atoms with E-state index in [0.29, 0.717) is 32.2 Å². The van der Waals surface area contributed by atoms with Crippen LogP contribution in [-0.4, -0.2) is 47.3 Å². The number of hydrogen-bond donors (Lipinski definition) is 1. The largest absolute Gasteiger partial charge is 0.347 e. The fraction of sp³-hybridized carbons (Fsp3) is 0.783. The van der Waals surface area contributed by atoms with Gasteiger partial charge in [0.05, 0.1) is 12.0 Å². The molecule has 1 aliphatic heterocycles. The van der Waals surface area contributed by atoms with E-state index in [4.69, 9.17) is 1.37 Å². The Bertz CT molecular complexity index is 699. The van der Waals surface area contributed by atoms with Gasteiger partial charge in [-0.1, -0.05) is 41.0 Å². The van der Waals surface area contributed by atoms with E-state index < -0.39 is 18.2 Å². The summed E-state index contributed by atoms with van der Waals surface area (Å²) in [6.07, 6.45) is 1.82. The number of hydrogen-bond acceptors (Lipinski definition) is 5. The van der Waals surface area contributed by atoms with Gasteiger partial charge in [-0.25, -0.2) is 0 Å². The molecular formula is C23H38N2O5. The van der Waals surface area contributed by atoms with Gasteiger partial charge in [0.25, 0.3) is 0 Å². The van der Waals surface area contributed by atoms with Gasteiger partial charge < -0.3 is 10.1 Å². The summed E-state index contributed by atoms with van der Waals surface area (Å²) in [6.45, 7) is 11.4. The Kier molecular flexibility index (Phi) is 9.18. The molecule has 0 spiro atoms. The highest BCUT2D eigenvalue weighted by Crippen LogP contribution is 2.35. The van der Waals surface area contributed by atoms with E-state index >= 15 is 0 Å². The summed E-state index contributed by atoms with van der Waals surface area (Å²) in [5.74, 6) is -1.50. The fourth-order valence-electron chi connectivity index (χ4n) is 3.69. The van der Waals surface area contributed by atoms with Crippen molar-refractivity contribution in [2.24, 2.45) is 23.2 Å². The summed E-state index contributed by atoms with van der Waals surface area (Å²) in [5, 5.41) is 2.50. The number of rotatable bonds is 12. The van der Waals surface area contributed by atoms with Crippen LogP contribution in [0.1, 0.15) is 81.4 Å². The molecular weight excluding hydrogens is 384 g/mol. The van der Waals surface area contributed by atoms with E-state index in [1.165, 1.54) is 11.8 Å². The summed E-state index contributed by atoms with van der Waals surface area (Å²) in [5.41, 5.74) is -0.237. The minimum absolute atomic E-state index is 0.0279. The summed E-state index contributed by atoms with van der Waals surface area (Å²) in [7, 11) is 0. The van der Waals surface area contributed by atoms with Crippen LogP contribution in [-0.2, 0) is 24.0 Å². The van der Waals surface area contributed by atoms with Gasteiger partial charge in [-0.2, -0.15) is 0 Å². The molecule has 1 saturated heterocycles. The van der Waals surface area contributed by atoms with Crippen LogP contribution in [0.15, 0.2) is 0 Å². The monoisotopic (exact) mass is 423 g/mol. The van der Waals surface area contributed by atoms with Gasteiger partial charge in [0.2, 0.25) is 17.7 Å². The van der Waals surface area contributed by atoms with Crippen molar-refractivity contribution in [3.05, 3.63) is 0 Å². The standard InChI is InChI=1S/C23H38N2O5/c1-15(2)18(21(29)24-16(3)14-26)12-17(27)10-8-7-9-11-25-20(28)13-19(22(25)30)23(4,5)6/h14-16,18-19H,7-13H2,1-6H3,(H,24,29)/t16-,18-,19?/m1/s1/i14D. The smallest absolute Gasteiger partial charge is 0.233 e. The van der Waals surface area contributed by atoms with E-state index in [-0.39, 0.29) is 53.6 Å². The van der Waals surface area contributed by atoms with Crippen molar-refractivity contribution < 1.29 is 25.3 Å². The van der Waals surface area contributed by atoms with Crippen LogP contribution in [0.3, 0.4) is 0 Å². The number of carbonyl (C=O) groups is 5. The molecule has 1 aliphatic rings. The zero-order valence-corrected chi connectivity index (χ0v) is 19.2. The highest BCUT2D eigenvalue weighted by molar-refractivity contribution is 6.03. The lowest BCUT2D eigenvalue weighted by Crippen LogP contribution is -2.40. The van der Waals surface area contributed by atoms with Crippen LogP contribution in [0, 0.1) is 23.2 Å². The summed E-state index contributed by atoms with van der Waals surface area (Å²) >= 11 is 0. The molecule has 1 rings (SSSR count). The second-order valence-corrected chi connectivity index (χ2v) is 9.76. The van der Waals surface area contributed by atoms with E-state index in [0.717, 1.165) is 0 Å². The molecule has 1 fully saturated rings. The third-order valence-corrected chi connectivity index (χ3v) is 5.75. The molecule has 0 aliphatic carbocycles. The van der Waals surface area contributed by atoms with Crippen molar-refractivity contribution in [2.45, 2.75) is 86.1 Å². The average molecular weight is 424 g/mol. The van der Waals surface area contributed by atoms with Gasteiger partial charge in [0.1, 0.15) is 13.4 Å². The molecule has 1 heterocycles. The molecule has 1 unspecified atom stereocenters. The normalized spacial score (nSPS) is 19.6. The molecule has 7 nitrogen and oxygen atoms in total. The summed E-state index contributed by atoms with van der Waals surface area (Å²) < 4.78 is 7.06. The minimum atomic E-state index is -0.891. The van der Waals surface area contributed by atoms with Crippen LogP contribution < -0.4 is 5.32 Å². The average Bonchev–Trinajstić information content (AvgIpc) is 2.93. The van der Waals surface area contributed by atoms with Crippen LogP contribution in [0.2, 0.25) is 0 Å². The number of nitrogens with one attached hydrogen (secondary N) is 1. The second kappa shape index (κ2) is 11.4. The van der Waals surface area contributed by atoms with E-state index in [2.05, 4.69) is 5.32 Å². The molecule has 0 aromatic carbocycles. The lowest BCUT2D eigenvalue weighted by atomic mass is 9.80. The highest BCUT2D eigenvalue weighted by Gasteiger charge is 2.44. The molecule has 0 aromatic rings. The lowest BCUT2D eigenvalue weighted by Gasteiger charge is -2.24.